The van der Waals surface area contributed by atoms with Crippen molar-refractivity contribution in [1.82, 2.24) is 10.1 Å². The fourth-order valence-electron chi connectivity index (χ4n) is 1.87. The Balaban J connectivity index is 1.97. The van der Waals surface area contributed by atoms with Crippen LogP contribution in [0.25, 0.3) is 0 Å². The van der Waals surface area contributed by atoms with Gasteiger partial charge in [-0.3, -0.25) is 0 Å². The predicted molar refractivity (Wildman–Crippen MR) is 76.4 cm³/mol. The number of hydrogen-bond acceptors (Lipinski definition) is 5. The van der Waals surface area contributed by atoms with Gasteiger partial charge in [-0.05, 0) is 30.5 Å². The minimum atomic E-state index is -0.411. The van der Waals surface area contributed by atoms with Crippen LogP contribution < -0.4 is 10.5 Å². The average molecular weight is 293 g/mol. The molecule has 0 aliphatic rings. The van der Waals surface area contributed by atoms with E-state index in [1.807, 2.05) is 19.9 Å². The van der Waals surface area contributed by atoms with Gasteiger partial charge in [0.2, 0.25) is 0 Å². The Hall–Kier alpha value is -1.95. The van der Waals surface area contributed by atoms with E-state index in [-0.39, 0.29) is 18.4 Å². The Labute approximate surface area is 123 Å². The van der Waals surface area contributed by atoms with Crippen LogP contribution in [-0.4, -0.2) is 16.2 Å². The SMILES string of the molecule is CCc1noc(COc2ccc(CC(N)CC)cc2F)n1. The van der Waals surface area contributed by atoms with Crippen molar-refractivity contribution in [3.8, 4) is 5.75 Å². The van der Waals surface area contributed by atoms with Crippen LogP contribution in [0.3, 0.4) is 0 Å². The van der Waals surface area contributed by atoms with E-state index in [1.54, 1.807) is 6.07 Å². The van der Waals surface area contributed by atoms with Crippen LogP contribution >= 0.6 is 0 Å². The molecule has 6 heteroatoms. The summed E-state index contributed by atoms with van der Waals surface area (Å²) in [5.41, 5.74) is 6.72. The summed E-state index contributed by atoms with van der Waals surface area (Å²) in [4.78, 5) is 4.10. The molecule has 5 nitrogen and oxygen atoms in total. The second kappa shape index (κ2) is 7.17. The Morgan fingerprint density at radius 2 is 2.19 bits per heavy atom. The van der Waals surface area contributed by atoms with Gasteiger partial charge in [-0.25, -0.2) is 4.39 Å². The molecule has 0 amide bonds. The molecule has 2 rings (SSSR count). The maximum absolute atomic E-state index is 13.9. The smallest absolute Gasteiger partial charge is 0.264 e. The molecule has 0 aliphatic carbocycles. The molecule has 0 fully saturated rings. The van der Waals surface area contributed by atoms with E-state index in [9.17, 15) is 4.39 Å². The van der Waals surface area contributed by atoms with Crippen LogP contribution in [0.15, 0.2) is 22.7 Å². The van der Waals surface area contributed by atoms with Crippen molar-refractivity contribution in [3.05, 3.63) is 41.3 Å². The summed E-state index contributed by atoms with van der Waals surface area (Å²) in [5.74, 6) is 0.701. The molecule has 1 unspecified atom stereocenters. The molecule has 1 heterocycles. The highest BCUT2D eigenvalue weighted by Crippen LogP contribution is 2.20. The summed E-state index contributed by atoms with van der Waals surface area (Å²) < 4.78 is 24.3. The third-order valence-electron chi connectivity index (χ3n) is 3.20. The van der Waals surface area contributed by atoms with Gasteiger partial charge in [0.05, 0.1) is 0 Å². The first-order valence-electron chi connectivity index (χ1n) is 7.10. The Kier molecular flexibility index (Phi) is 5.27. The van der Waals surface area contributed by atoms with E-state index in [0.717, 1.165) is 12.0 Å². The highest BCUT2D eigenvalue weighted by Gasteiger charge is 2.10. The zero-order valence-electron chi connectivity index (χ0n) is 12.3. The molecule has 2 N–H and O–H groups in total. The van der Waals surface area contributed by atoms with Gasteiger partial charge in [0.15, 0.2) is 24.0 Å². The van der Waals surface area contributed by atoms with E-state index in [2.05, 4.69) is 10.1 Å². The number of halogens is 1. The second-order valence-electron chi connectivity index (χ2n) is 4.88. The highest BCUT2D eigenvalue weighted by molar-refractivity contribution is 5.29. The maximum atomic E-state index is 13.9. The molecule has 0 aliphatic heterocycles. The normalized spacial score (nSPS) is 12.4. The van der Waals surface area contributed by atoms with Crippen LogP contribution in [-0.2, 0) is 19.4 Å². The van der Waals surface area contributed by atoms with Gasteiger partial charge in [0, 0.05) is 12.5 Å². The number of hydrogen-bond donors (Lipinski definition) is 1. The Bertz CT molecular complexity index is 586. The van der Waals surface area contributed by atoms with Gasteiger partial charge < -0.3 is 15.0 Å². The first-order chi connectivity index (χ1) is 10.1. The fourth-order valence-corrected chi connectivity index (χ4v) is 1.87. The minimum Gasteiger partial charge on any atom is -0.481 e. The molecule has 0 saturated heterocycles. The quantitative estimate of drug-likeness (QED) is 0.849. The number of aromatic nitrogens is 2. The van der Waals surface area contributed by atoms with Crippen LogP contribution in [0.5, 0.6) is 5.75 Å². The predicted octanol–water partition coefficient (Wildman–Crippen LogP) is 2.63. The zero-order chi connectivity index (χ0) is 15.2. The molecular weight excluding hydrogens is 273 g/mol. The van der Waals surface area contributed by atoms with Gasteiger partial charge in [0.1, 0.15) is 0 Å². The van der Waals surface area contributed by atoms with Crippen molar-refractivity contribution in [2.75, 3.05) is 0 Å². The number of nitrogens with two attached hydrogens (primary N) is 1. The highest BCUT2D eigenvalue weighted by atomic mass is 19.1. The lowest BCUT2D eigenvalue weighted by atomic mass is 10.0. The lowest BCUT2D eigenvalue weighted by molar-refractivity contribution is 0.234. The van der Waals surface area contributed by atoms with Crippen molar-refractivity contribution in [2.45, 2.75) is 45.8 Å². The van der Waals surface area contributed by atoms with Gasteiger partial charge >= 0.3 is 0 Å². The summed E-state index contributed by atoms with van der Waals surface area (Å²) in [6, 6.07) is 4.92. The summed E-state index contributed by atoms with van der Waals surface area (Å²) in [5, 5.41) is 3.75. The number of aryl methyl sites for hydroxylation is 1. The standard InChI is InChI=1S/C15H20FN3O2/c1-3-11(17)7-10-5-6-13(12(16)8-10)20-9-15-18-14(4-2)19-21-15/h5-6,8,11H,3-4,7,9,17H2,1-2H3. The summed E-state index contributed by atoms with van der Waals surface area (Å²) in [7, 11) is 0. The van der Waals surface area contributed by atoms with Crippen molar-refractivity contribution in [3.63, 3.8) is 0 Å². The van der Waals surface area contributed by atoms with Gasteiger partial charge in [-0.2, -0.15) is 4.98 Å². The summed E-state index contributed by atoms with van der Waals surface area (Å²) >= 11 is 0. The average Bonchev–Trinajstić information content (AvgIpc) is 2.94. The first kappa shape index (κ1) is 15.4. The van der Waals surface area contributed by atoms with Crippen molar-refractivity contribution in [2.24, 2.45) is 5.73 Å². The van der Waals surface area contributed by atoms with Gasteiger partial charge in [0.25, 0.3) is 5.89 Å². The number of rotatable bonds is 7. The van der Waals surface area contributed by atoms with E-state index in [0.29, 0.717) is 24.6 Å². The van der Waals surface area contributed by atoms with E-state index in [1.165, 1.54) is 6.07 Å². The molecule has 1 aromatic carbocycles. The van der Waals surface area contributed by atoms with E-state index >= 15 is 0 Å². The maximum Gasteiger partial charge on any atom is 0.264 e. The minimum absolute atomic E-state index is 0.0435. The van der Waals surface area contributed by atoms with Crippen LogP contribution in [0, 0.1) is 5.82 Å². The molecule has 114 valence electrons. The van der Waals surface area contributed by atoms with E-state index < -0.39 is 5.82 Å². The number of ether oxygens (including phenoxy) is 1. The molecule has 21 heavy (non-hydrogen) atoms. The Morgan fingerprint density at radius 1 is 1.38 bits per heavy atom. The zero-order valence-corrected chi connectivity index (χ0v) is 12.3. The van der Waals surface area contributed by atoms with Crippen molar-refractivity contribution < 1.29 is 13.7 Å². The Morgan fingerprint density at radius 3 is 2.81 bits per heavy atom. The number of nitrogens with zero attached hydrogens (tertiary/aromatic N) is 2. The summed E-state index contributed by atoms with van der Waals surface area (Å²) in [6.07, 6.45) is 2.19. The van der Waals surface area contributed by atoms with Crippen LogP contribution in [0.4, 0.5) is 4.39 Å². The molecule has 2 aromatic rings. The first-order valence-corrected chi connectivity index (χ1v) is 7.10. The molecule has 0 bridgehead atoms. The van der Waals surface area contributed by atoms with Gasteiger partial charge in [-0.15, -0.1) is 0 Å². The van der Waals surface area contributed by atoms with Crippen LogP contribution in [0.2, 0.25) is 0 Å². The number of benzene rings is 1. The molecule has 1 atom stereocenters. The van der Waals surface area contributed by atoms with Crippen molar-refractivity contribution in [1.29, 1.82) is 0 Å². The second-order valence-corrected chi connectivity index (χ2v) is 4.88. The molecular formula is C15H20FN3O2. The lowest BCUT2D eigenvalue weighted by Crippen LogP contribution is -2.21. The molecule has 1 aromatic heterocycles. The third kappa shape index (κ3) is 4.26. The topological polar surface area (TPSA) is 74.2 Å². The fraction of sp³-hybridized carbons (Fsp3) is 0.467. The van der Waals surface area contributed by atoms with E-state index in [4.69, 9.17) is 15.0 Å². The monoisotopic (exact) mass is 293 g/mol. The third-order valence-corrected chi connectivity index (χ3v) is 3.20. The molecule has 0 radical (unpaired) electrons. The summed E-state index contributed by atoms with van der Waals surface area (Å²) in [6.45, 7) is 3.99. The lowest BCUT2D eigenvalue weighted by Gasteiger charge is -2.10. The molecule has 0 saturated carbocycles. The van der Waals surface area contributed by atoms with Crippen LogP contribution in [0.1, 0.15) is 37.5 Å². The van der Waals surface area contributed by atoms with Crippen molar-refractivity contribution >= 4 is 0 Å². The molecule has 0 spiro atoms. The largest absolute Gasteiger partial charge is 0.481 e. The van der Waals surface area contributed by atoms with Gasteiger partial charge in [-0.1, -0.05) is 25.1 Å².